The van der Waals surface area contributed by atoms with E-state index in [1.807, 2.05) is 0 Å². The van der Waals surface area contributed by atoms with Crippen LogP contribution in [0.5, 0.6) is 0 Å². The summed E-state index contributed by atoms with van der Waals surface area (Å²) in [4.78, 5) is 2.63. The third-order valence-corrected chi connectivity index (χ3v) is 8.63. The van der Waals surface area contributed by atoms with E-state index in [9.17, 15) is 0 Å². The molecule has 2 heterocycles. The summed E-state index contributed by atoms with van der Waals surface area (Å²) >= 11 is 0. The van der Waals surface area contributed by atoms with Crippen molar-refractivity contribution < 1.29 is 0 Å². The van der Waals surface area contributed by atoms with Crippen molar-refractivity contribution in [1.29, 1.82) is 0 Å². The van der Waals surface area contributed by atoms with Gasteiger partial charge >= 0.3 is 0 Å². The Morgan fingerprint density at radius 3 is 2.49 bits per heavy atom. The molecule has 8 rings (SSSR count). The molecule has 0 bridgehead atoms. The molecular formula is C37H30N2. The number of nitrogens with zero attached hydrogens (tertiary/aromatic N) is 2. The summed E-state index contributed by atoms with van der Waals surface area (Å²) in [7, 11) is 0. The van der Waals surface area contributed by atoms with E-state index in [2.05, 4.69) is 143 Å². The van der Waals surface area contributed by atoms with Gasteiger partial charge < -0.3 is 9.47 Å². The monoisotopic (exact) mass is 502 g/mol. The quantitative estimate of drug-likeness (QED) is 0.271. The van der Waals surface area contributed by atoms with Crippen molar-refractivity contribution in [3.05, 3.63) is 156 Å². The lowest BCUT2D eigenvalue weighted by Crippen LogP contribution is -2.32. The van der Waals surface area contributed by atoms with Crippen LogP contribution in [-0.2, 0) is 0 Å². The largest absolute Gasteiger partial charge is 0.340 e. The summed E-state index contributed by atoms with van der Waals surface area (Å²) < 4.78 is 2.39. The number of fused-ring (bicyclic) bond motifs is 5. The van der Waals surface area contributed by atoms with E-state index in [0.717, 1.165) is 19.3 Å². The molecule has 39 heavy (non-hydrogen) atoms. The molecule has 1 unspecified atom stereocenters. The maximum atomic E-state index is 2.63. The van der Waals surface area contributed by atoms with E-state index in [-0.39, 0.29) is 0 Å². The van der Waals surface area contributed by atoms with Gasteiger partial charge in [-0.1, -0.05) is 91.1 Å². The van der Waals surface area contributed by atoms with E-state index < -0.39 is 0 Å². The molecule has 188 valence electrons. The average Bonchev–Trinajstić information content (AvgIpc) is 3.39. The first-order valence-corrected chi connectivity index (χ1v) is 14.1. The van der Waals surface area contributed by atoms with Crippen LogP contribution in [0.2, 0.25) is 0 Å². The Balaban J connectivity index is 1.28. The zero-order valence-electron chi connectivity index (χ0n) is 21.9. The molecule has 0 radical (unpaired) electrons. The van der Waals surface area contributed by atoms with Crippen molar-refractivity contribution in [3.8, 4) is 5.69 Å². The highest BCUT2D eigenvalue weighted by Crippen LogP contribution is 2.46. The SMILES string of the molecule is C1=CCCC(N2C3=C(C=C(c4ccc5c(c4)c4ccccc4n5-c4ccccc4)C=CC3)[C@H]3C=CC=CC32)=C1. The van der Waals surface area contributed by atoms with Crippen molar-refractivity contribution in [3.63, 3.8) is 0 Å². The minimum Gasteiger partial charge on any atom is -0.340 e. The van der Waals surface area contributed by atoms with Crippen molar-refractivity contribution in [2.75, 3.05) is 0 Å². The Morgan fingerprint density at radius 1 is 0.744 bits per heavy atom. The van der Waals surface area contributed by atoms with Crippen LogP contribution in [0, 0.1) is 5.92 Å². The normalized spacial score (nSPS) is 21.8. The van der Waals surface area contributed by atoms with Crippen LogP contribution in [0.1, 0.15) is 24.8 Å². The van der Waals surface area contributed by atoms with E-state index in [0.29, 0.717) is 12.0 Å². The van der Waals surface area contributed by atoms with Crippen molar-refractivity contribution in [1.82, 2.24) is 9.47 Å². The summed E-state index contributed by atoms with van der Waals surface area (Å²) in [6.45, 7) is 0. The van der Waals surface area contributed by atoms with E-state index in [4.69, 9.17) is 0 Å². The molecule has 0 amide bonds. The zero-order chi connectivity index (χ0) is 25.8. The molecule has 1 aromatic heterocycles. The third-order valence-electron chi connectivity index (χ3n) is 8.63. The highest BCUT2D eigenvalue weighted by molar-refractivity contribution is 6.10. The van der Waals surface area contributed by atoms with Gasteiger partial charge in [0.25, 0.3) is 0 Å². The summed E-state index contributed by atoms with van der Waals surface area (Å²) in [6.07, 6.45) is 26.4. The second-order valence-corrected chi connectivity index (χ2v) is 10.8. The Kier molecular flexibility index (Phi) is 5.19. The van der Waals surface area contributed by atoms with Gasteiger partial charge in [-0.05, 0) is 72.0 Å². The first-order valence-electron chi connectivity index (χ1n) is 14.1. The van der Waals surface area contributed by atoms with Crippen molar-refractivity contribution >= 4 is 27.4 Å². The predicted molar refractivity (Wildman–Crippen MR) is 163 cm³/mol. The van der Waals surface area contributed by atoms with Gasteiger partial charge in [-0.25, -0.2) is 0 Å². The van der Waals surface area contributed by atoms with Gasteiger partial charge in [0.1, 0.15) is 0 Å². The van der Waals surface area contributed by atoms with E-state index in [1.54, 1.807) is 0 Å². The van der Waals surface area contributed by atoms with Crippen molar-refractivity contribution in [2.24, 2.45) is 5.92 Å². The van der Waals surface area contributed by atoms with Crippen LogP contribution in [0.25, 0.3) is 33.1 Å². The molecule has 0 spiro atoms. The molecule has 0 saturated carbocycles. The first-order chi connectivity index (χ1) is 19.4. The number of rotatable bonds is 3. The van der Waals surface area contributed by atoms with Gasteiger partial charge in [0.2, 0.25) is 0 Å². The summed E-state index contributed by atoms with van der Waals surface area (Å²) in [5.74, 6) is 0.385. The highest BCUT2D eigenvalue weighted by Gasteiger charge is 2.39. The maximum absolute atomic E-state index is 2.63. The predicted octanol–water partition coefficient (Wildman–Crippen LogP) is 9.04. The van der Waals surface area contributed by atoms with Gasteiger partial charge in [-0.15, -0.1) is 0 Å². The lowest BCUT2D eigenvalue weighted by atomic mass is 9.88. The molecule has 0 N–H and O–H groups in total. The van der Waals surface area contributed by atoms with Gasteiger partial charge in [0.05, 0.1) is 17.1 Å². The zero-order valence-corrected chi connectivity index (χ0v) is 21.9. The summed E-state index contributed by atoms with van der Waals surface area (Å²) in [5.41, 5.74) is 10.6. The number of benzene rings is 3. The summed E-state index contributed by atoms with van der Waals surface area (Å²) in [5, 5.41) is 2.59. The molecule has 4 aromatic rings. The van der Waals surface area contributed by atoms with Crippen LogP contribution in [0.3, 0.4) is 0 Å². The molecule has 2 atom stereocenters. The number of hydrogen-bond acceptors (Lipinski definition) is 1. The maximum Gasteiger partial charge on any atom is 0.0623 e. The number of allylic oxidation sites excluding steroid dienone is 10. The van der Waals surface area contributed by atoms with Crippen molar-refractivity contribution in [2.45, 2.75) is 25.3 Å². The molecule has 2 nitrogen and oxygen atoms in total. The molecule has 3 aliphatic carbocycles. The molecule has 4 aliphatic rings. The third kappa shape index (κ3) is 3.55. The van der Waals surface area contributed by atoms with Gasteiger partial charge in [0, 0.05) is 40.2 Å². The molecule has 0 saturated heterocycles. The Hall–Kier alpha value is -4.56. The Morgan fingerprint density at radius 2 is 1.59 bits per heavy atom. The number of para-hydroxylation sites is 2. The van der Waals surface area contributed by atoms with Gasteiger partial charge in [-0.3, -0.25) is 0 Å². The topological polar surface area (TPSA) is 8.17 Å². The number of hydrogen-bond donors (Lipinski definition) is 0. The average molecular weight is 503 g/mol. The Bertz CT molecular complexity index is 1830. The smallest absolute Gasteiger partial charge is 0.0623 e. The van der Waals surface area contributed by atoms with E-state index >= 15 is 0 Å². The van der Waals surface area contributed by atoms with Crippen LogP contribution in [0.15, 0.2) is 151 Å². The second-order valence-electron chi connectivity index (χ2n) is 10.8. The lowest BCUT2D eigenvalue weighted by molar-refractivity contribution is 0.347. The Labute approximate surface area is 229 Å². The minimum atomic E-state index is 0.369. The highest BCUT2D eigenvalue weighted by atomic mass is 15.2. The molecule has 0 fully saturated rings. The molecular weight excluding hydrogens is 472 g/mol. The fourth-order valence-electron chi connectivity index (χ4n) is 6.89. The fourth-order valence-corrected chi connectivity index (χ4v) is 6.89. The first kappa shape index (κ1) is 22.4. The molecule has 3 aromatic carbocycles. The summed E-state index contributed by atoms with van der Waals surface area (Å²) in [6, 6.07) is 26.8. The second kappa shape index (κ2) is 9.03. The van der Waals surface area contributed by atoms with Crippen LogP contribution >= 0.6 is 0 Å². The lowest BCUT2D eigenvalue weighted by Gasteiger charge is -2.33. The van der Waals surface area contributed by atoms with Gasteiger partial charge in [0.15, 0.2) is 0 Å². The number of aromatic nitrogens is 1. The minimum absolute atomic E-state index is 0.369. The van der Waals surface area contributed by atoms with Crippen LogP contribution in [-0.4, -0.2) is 15.5 Å². The van der Waals surface area contributed by atoms with Gasteiger partial charge in [-0.2, -0.15) is 0 Å². The standard InChI is InChI=1S/C37H30N2/c1-3-13-28(14-4-1)38-34-19-9-7-17-30(34)32-24-26(12-11-21-36(32)38)27-22-23-37-33(25-27)31-18-8-10-20-35(31)39(37)29-15-5-2-6-16-29/h1-3,5-13,15-20,22-25,30,34H,4,14,21H2/t30-,34?/m1/s1. The molecule has 1 aliphatic heterocycles. The molecule has 2 heteroatoms. The van der Waals surface area contributed by atoms with E-state index in [1.165, 1.54) is 55.6 Å². The fraction of sp³-hybridized carbons (Fsp3) is 0.135. The van der Waals surface area contributed by atoms with Crippen LogP contribution < -0.4 is 0 Å². The van der Waals surface area contributed by atoms with Crippen LogP contribution in [0.4, 0.5) is 0 Å².